The first-order valence-corrected chi connectivity index (χ1v) is 11.9. The molecule has 1 aliphatic heterocycles. The van der Waals surface area contributed by atoms with E-state index in [1.165, 1.54) is 23.0 Å². The van der Waals surface area contributed by atoms with Crippen molar-refractivity contribution in [2.24, 2.45) is 0 Å². The molecule has 8 heteroatoms. The number of nitrogens with zero attached hydrogens (tertiary/aromatic N) is 3. The summed E-state index contributed by atoms with van der Waals surface area (Å²) < 4.78 is 0. The highest BCUT2D eigenvalue weighted by molar-refractivity contribution is 7.99. The summed E-state index contributed by atoms with van der Waals surface area (Å²) in [5.41, 5.74) is 3.26. The van der Waals surface area contributed by atoms with Crippen LogP contribution in [0.1, 0.15) is 28.8 Å². The molecular weight excluding hydrogens is 416 g/mol. The zero-order valence-electron chi connectivity index (χ0n) is 17.7. The summed E-state index contributed by atoms with van der Waals surface area (Å²) >= 11 is 3.06. The fourth-order valence-corrected chi connectivity index (χ4v) is 5.67. The van der Waals surface area contributed by atoms with Crippen LogP contribution in [0.2, 0.25) is 0 Å². The monoisotopic (exact) mass is 442 g/mol. The predicted molar refractivity (Wildman–Crippen MR) is 126 cm³/mol. The number of anilines is 1. The summed E-state index contributed by atoms with van der Waals surface area (Å²) in [6, 6.07) is 8.25. The number of nitrogens with one attached hydrogen (secondary N) is 1. The lowest BCUT2D eigenvalue weighted by Crippen LogP contribution is -2.38. The molecule has 0 radical (unpaired) electrons. The van der Waals surface area contributed by atoms with Gasteiger partial charge < -0.3 is 14.8 Å². The van der Waals surface area contributed by atoms with Gasteiger partial charge in [0.2, 0.25) is 5.91 Å². The van der Waals surface area contributed by atoms with Gasteiger partial charge in [-0.2, -0.15) is 0 Å². The molecule has 0 saturated carbocycles. The first kappa shape index (κ1) is 20.9. The van der Waals surface area contributed by atoms with E-state index in [0.717, 1.165) is 21.8 Å². The van der Waals surface area contributed by atoms with Gasteiger partial charge in [0.05, 0.1) is 16.4 Å². The number of hydrogen-bond donors (Lipinski definition) is 1. The van der Waals surface area contributed by atoms with E-state index in [4.69, 9.17) is 0 Å². The van der Waals surface area contributed by atoms with Gasteiger partial charge in [-0.05, 0) is 38.0 Å². The molecule has 1 aromatic carbocycles. The summed E-state index contributed by atoms with van der Waals surface area (Å²) in [5, 5.41) is 0.469. The molecule has 3 heterocycles. The van der Waals surface area contributed by atoms with Gasteiger partial charge in [-0.15, -0.1) is 23.1 Å². The third-order valence-electron chi connectivity index (χ3n) is 5.69. The molecule has 30 heavy (non-hydrogen) atoms. The van der Waals surface area contributed by atoms with Crippen molar-refractivity contribution in [2.75, 3.05) is 25.0 Å². The summed E-state index contributed by atoms with van der Waals surface area (Å²) in [7, 11) is 2.07. The molecule has 0 aliphatic carbocycles. The number of para-hydroxylation sites is 1. The van der Waals surface area contributed by atoms with Crippen molar-refractivity contribution >= 4 is 44.9 Å². The molecule has 2 aromatic heterocycles. The van der Waals surface area contributed by atoms with Crippen LogP contribution in [-0.4, -0.2) is 46.2 Å². The van der Waals surface area contributed by atoms with E-state index in [1.54, 1.807) is 11.3 Å². The van der Waals surface area contributed by atoms with Crippen LogP contribution in [0, 0.1) is 13.8 Å². The fraction of sp³-hybridized carbons (Fsp3) is 0.409. The van der Waals surface area contributed by atoms with E-state index in [-0.39, 0.29) is 16.7 Å². The molecule has 0 bridgehead atoms. The number of benzene rings is 1. The SMILES string of the molecule is Cc1sc2nc(CSC(C)C(=O)N3CCN(C)c4ccccc4C3)[nH]c(=O)c2c1C. The van der Waals surface area contributed by atoms with Crippen LogP contribution in [-0.2, 0) is 17.1 Å². The second kappa shape index (κ2) is 8.43. The smallest absolute Gasteiger partial charge is 0.259 e. The number of aromatic amines is 1. The van der Waals surface area contributed by atoms with Crippen LogP contribution >= 0.6 is 23.1 Å². The average molecular weight is 443 g/mol. The maximum absolute atomic E-state index is 13.1. The molecule has 1 unspecified atom stereocenters. The third kappa shape index (κ3) is 3.98. The maximum atomic E-state index is 13.1. The number of likely N-dealkylation sites (N-methyl/N-ethyl adjacent to an activating group) is 1. The van der Waals surface area contributed by atoms with Crippen molar-refractivity contribution in [3.8, 4) is 0 Å². The van der Waals surface area contributed by atoms with Crippen LogP contribution in [0.4, 0.5) is 5.69 Å². The Morgan fingerprint density at radius 1 is 1.30 bits per heavy atom. The quantitative estimate of drug-likeness (QED) is 0.667. The maximum Gasteiger partial charge on any atom is 0.259 e. The van der Waals surface area contributed by atoms with Crippen LogP contribution < -0.4 is 10.5 Å². The lowest BCUT2D eigenvalue weighted by Gasteiger charge is -2.24. The number of fused-ring (bicyclic) bond motifs is 2. The molecule has 1 N–H and O–H groups in total. The summed E-state index contributed by atoms with van der Waals surface area (Å²) in [6.07, 6.45) is 0. The van der Waals surface area contributed by atoms with E-state index in [1.807, 2.05) is 37.8 Å². The molecule has 1 aliphatic rings. The molecule has 6 nitrogen and oxygen atoms in total. The van der Waals surface area contributed by atoms with Gasteiger partial charge in [0, 0.05) is 37.2 Å². The first-order chi connectivity index (χ1) is 14.3. The Balaban J connectivity index is 1.45. The average Bonchev–Trinajstić information content (AvgIpc) is 2.91. The Labute approximate surface area is 184 Å². The number of H-pyrrole nitrogens is 1. The van der Waals surface area contributed by atoms with Gasteiger partial charge >= 0.3 is 0 Å². The van der Waals surface area contributed by atoms with E-state index in [0.29, 0.717) is 30.1 Å². The highest BCUT2D eigenvalue weighted by Crippen LogP contribution is 2.28. The molecule has 0 saturated heterocycles. The number of aromatic nitrogens is 2. The van der Waals surface area contributed by atoms with E-state index < -0.39 is 0 Å². The number of hydrogen-bond acceptors (Lipinski definition) is 6. The van der Waals surface area contributed by atoms with E-state index in [9.17, 15) is 9.59 Å². The minimum atomic E-state index is -0.214. The number of rotatable bonds is 4. The van der Waals surface area contributed by atoms with Gasteiger partial charge in [-0.25, -0.2) is 4.98 Å². The minimum absolute atomic E-state index is 0.0939. The Kier molecular flexibility index (Phi) is 5.88. The van der Waals surface area contributed by atoms with E-state index >= 15 is 0 Å². The lowest BCUT2D eigenvalue weighted by molar-refractivity contribution is -0.130. The zero-order valence-corrected chi connectivity index (χ0v) is 19.3. The molecule has 4 rings (SSSR count). The number of thioether (sulfide) groups is 1. The summed E-state index contributed by atoms with van der Waals surface area (Å²) in [6.45, 7) is 8.03. The predicted octanol–water partition coefficient (Wildman–Crippen LogP) is 3.70. The van der Waals surface area contributed by atoms with Gasteiger partial charge in [-0.1, -0.05) is 18.2 Å². The molecular formula is C22H26N4O2S2. The minimum Gasteiger partial charge on any atom is -0.373 e. The van der Waals surface area contributed by atoms with Crippen molar-refractivity contribution < 1.29 is 4.79 Å². The Hall–Kier alpha value is -2.32. The molecule has 1 atom stereocenters. The second-order valence-corrected chi connectivity index (χ2v) is 10.3. The standard InChI is InChI=1S/C22H26N4O2S2/c1-13-14(2)30-21-19(13)20(27)23-18(24-21)12-29-15(3)22(28)26-10-9-25(4)17-8-6-5-7-16(17)11-26/h5-8,15H,9-12H2,1-4H3,(H,23,24,27). The van der Waals surface area contributed by atoms with Crippen molar-refractivity contribution in [3.05, 3.63) is 56.4 Å². The normalized spacial score (nSPS) is 15.2. The van der Waals surface area contributed by atoms with Crippen molar-refractivity contribution in [3.63, 3.8) is 0 Å². The van der Waals surface area contributed by atoms with Crippen molar-refractivity contribution in [1.82, 2.24) is 14.9 Å². The van der Waals surface area contributed by atoms with Crippen molar-refractivity contribution in [1.29, 1.82) is 0 Å². The lowest BCUT2D eigenvalue weighted by atomic mass is 10.1. The number of carbonyl (C=O) groups excluding carboxylic acids is 1. The van der Waals surface area contributed by atoms with Crippen LogP contribution in [0.3, 0.4) is 0 Å². The first-order valence-electron chi connectivity index (χ1n) is 10.0. The third-order valence-corrected chi connectivity index (χ3v) is 7.93. The van der Waals surface area contributed by atoms with Gasteiger partial charge in [0.25, 0.3) is 5.56 Å². The van der Waals surface area contributed by atoms with E-state index in [2.05, 4.69) is 34.0 Å². The van der Waals surface area contributed by atoms with Crippen molar-refractivity contribution in [2.45, 2.75) is 38.3 Å². The number of amides is 1. The van der Waals surface area contributed by atoms with Crippen LogP contribution in [0.25, 0.3) is 10.2 Å². The Morgan fingerprint density at radius 2 is 2.07 bits per heavy atom. The number of carbonyl (C=O) groups is 1. The Bertz CT molecular complexity index is 1150. The molecule has 0 spiro atoms. The van der Waals surface area contributed by atoms with Gasteiger partial charge in [0.1, 0.15) is 10.7 Å². The molecule has 0 fully saturated rings. The molecule has 1 amide bonds. The van der Waals surface area contributed by atoms with Gasteiger partial charge in [-0.3, -0.25) is 9.59 Å². The molecule has 3 aromatic rings. The highest BCUT2D eigenvalue weighted by atomic mass is 32.2. The number of aryl methyl sites for hydroxylation is 2. The Morgan fingerprint density at radius 3 is 2.87 bits per heavy atom. The van der Waals surface area contributed by atoms with Gasteiger partial charge in [0.15, 0.2) is 0 Å². The summed E-state index contributed by atoms with van der Waals surface area (Å²) in [5.74, 6) is 1.24. The fourth-order valence-electron chi connectivity index (χ4n) is 3.78. The highest BCUT2D eigenvalue weighted by Gasteiger charge is 2.25. The molecule has 158 valence electrons. The largest absolute Gasteiger partial charge is 0.373 e. The number of thiophene rings is 1. The second-order valence-electron chi connectivity index (χ2n) is 7.74. The topological polar surface area (TPSA) is 69.3 Å². The summed E-state index contributed by atoms with van der Waals surface area (Å²) in [4.78, 5) is 39.1. The zero-order chi connectivity index (χ0) is 21.4. The van der Waals surface area contributed by atoms with Crippen LogP contribution in [0.15, 0.2) is 29.1 Å². The van der Waals surface area contributed by atoms with Crippen LogP contribution in [0.5, 0.6) is 0 Å².